The van der Waals surface area contributed by atoms with Crippen LogP contribution in [0, 0.1) is 5.82 Å². The summed E-state index contributed by atoms with van der Waals surface area (Å²) >= 11 is 0. The van der Waals surface area contributed by atoms with Crippen LogP contribution in [0.5, 0.6) is 0 Å². The van der Waals surface area contributed by atoms with Gasteiger partial charge < -0.3 is 5.32 Å². The molecule has 0 saturated carbocycles. The number of pyridine rings is 1. The Labute approximate surface area is 119 Å². The number of aromatic nitrogens is 1. The molecule has 1 atom stereocenters. The smallest absolute Gasteiger partial charge is 0.306 e. The molecule has 0 unspecified atom stereocenters. The largest absolute Gasteiger partial charge is 0.416 e. The van der Waals surface area contributed by atoms with Crippen molar-refractivity contribution in [3.8, 4) is 0 Å². The van der Waals surface area contributed by atoms with Gasteiger partial charge >= 0.3 is 6.18 Å². The molecule has 0 spiro atoms. The molecule has 0 amide bonds. The van der Waals surface area contributed by atoms with Gasteiger partial charge in [-0.25, -0.2) is 4.39 Å². The van der Waals surface area contributed by atoms with E-state index in [4.69, 9.17) is 0 Å². The Morgan fingerprint density at radius 3 is 2.62 bits per heavy atom. The Hall–Kier alpha value is -1.95. The van der Waals surface area contributed by atoms with E-state index in [1.54, 1.807) is 18.5 Å². The van der Waals surface area contributed by atoms with Crippen molar-refractivity contribution in [3.05, 3.63) is 65.2 Å². The van der Waals surface area contributed by atoms with E-state index < -0.39 is 17.6 Å². The molecule has 0 bridgehead atoms. The van der Waals surface area contributed by atoms with E-state index in [9.17, 15) is 17.6 Å². The highest BCUT2D eigenvalue weighted by Crippen LogP contribution is 2.30. The predicted octanol–water partition coefficient (Wildman–Crippen LogP) is 4.09. The van der Waals surface area contributed by atoms with Gasteiger partial charge in [0, 0.05) is 25.0 Å². The molecule has 0 fully saturated rings. The molecule has 0 saturated heterocycles. The van der Waals surface area contributed by atoms with Crippen LogP contribution in [0.1, 0.15) is 29.7 Å². The SMILES string of the molecule is C[C@@H](NCc1cc(F)cc(C(F)(F)F)c1)c1cccnc1. The summed E-state index contributed by atoms with van der Waals surface area (Å²) in [7, 11) is 0. The molecule has 2 nitrogen and oxygen atoms in total. The molecule has 0 radical (unpaired) electrons. The van der Waals surface area contributed by atoms with E-state index in [1.165, 1.54) is 0 Å². The standard InChI is InChI=1S/C15H14F4N2/c1-10(12-3-2-4-20-9-12)21-8-11-5-13(15(17,18)19)7-14(16)6-11/h2-7,9-10,21H,8H2,1H3/t10-/m1/s1. The number of rotatable bonds is 4. The average molecular weight is 298 g/mol. The van der Waals surface area contributed by atoms with Gasteiger partial charge in [0.1, 0.15) is 5.82 Å². The van der Waals surface area contributed by atoms with Gasteiger partial charge in [-0.2, -0.15) is 13.2 Å². The summed E-state index contributed by atoms with van der Waals surface area (Å²) in [5, 5.41) is 3.05. The maximum Gasteiger partial charge on any atom is 0.416 e. The van der Waals surface area contributed by atoms with Crippen molar-refractivity contribution in [1.82, 2.24) is 10.3 Å². The van der Waals surface area contributed by atoms with Crippen molar-refractivity contribution in [2.75, 3.05) is 0 Å². The van der Waals surface area contributed by atoms with Gasteiger partial charge in [-0.15, -0.1) is 0 Å². The van der Waals surface area contributed by atoms with Gasteiger partial charge in [-0.3, -0.25) is 4.98 Å². The third-order valence-electron chi connectivity index (χ3n) is 3.08. The molecule has 0 aliphatic heterocycles. The number of halogens is 4. The minimum absolute atomic E-state index is 0.101. The van der Waals surface area contributed by atoms with E-state index in [2.05, 4.69) is 10.3 Å². The Kier molecular flexibility index (Phi) is 4.57. The molecule has 1 heterocycles. The fourth-order valence-electron chi connectivity index (χ4n) is 1.94. The van der Waals surface area contributed by atoms with E-state index >= 15 is 0 Å². The topological polar surface area (TPSA) is 24.9 Å². The molecular weight excluding hydrogens is 284 g/mol. The lowest BCUT2D eigenvalue weighted by Crippen LogP contribution is -2.19. The van der Waals surface area contributed by atoms with Crippen LogP contribution in [0.4, 0.5) is 17.6 Å². The van der Waals surface area contributed by atoms with Crippen LogP contribution in [-0.2, 0) is 12.7 Å². The van der Waals surface area contributed by atoms with Gasteiger partial charge in [-0.1, -0.05) is 6.07 Å². The van der Waals surface area contributed by atoms with Gasteiger partial charge in [0.05, 0.1) is 5.56 Å². The Morgan fingerprint density at radius 1 is 1.24 bits per heavy atom. The zero-order valence-electron chi connectivity index (χ0n) is 11.3. The number of benzene rings is 1. The van der Waals surface area contributed by atoms with Crippen LogP contribution >= 0.6 is 0 Å². The second-order valence-electron chi connectivity index (χ2n) is 4.73. The first kappa shape index (κ1) is 15.4. The molecule has 1 aromatic carbocycles. The van der Waals surface area contributed by atoms with Crippen molar-refractivity contribution in [2.45, 2.75) is 25.7 Å². The van der Waals surface area contributed by atoms with E-state index in [-0.39, 0.29) is 18.2 Å². The summed E-state index contributed by atoms with van der Waals surface area (Å²) in [6.07, 6.45) is -1.24. The van der Waals surface area contributed by atoms with Gasteiger partial charge in [-0.05, 0) is 42.3 Å². The summed E-state index contributed by atoms with van der Waals surface area (Å²) in [6.45, 7) is 2.00. The molecular formula is C15H14F4N2. The lowest BCUT2D eigenvalue weighted by Gasteiger charge is -2.15. The molecule has 0 aliphatic rings. The highest BCUT2D eigenvalue weighted by Gasteiger charge is 2.31. The summed E-state index contributed by atoms with van der Waals surface area (Å²) in [4.78, 5) is 3.97. The first-order valence-electron chi connectivity index (χ1n) is 6.36. The van der Waals surface area contributed by atoms with E-state index in [0.717, 1.165) is 17.7 Å². The maximum absolute atomic E-state index is 13.3. The zero-order valence-corrected chi connectivity index (χ0v) is 11.3. The molecule has 112 valence electrons. The van der Waals surface area contributed by atoms with Crippen LogP contribution in [0.2, 0.25) is 0 Å². The minimum atomic E-state index is -4.55. The molecule has 21 heavy (non-hydrogen) atoms. The highest BCUT2D eigenvalue weighted by atomic mass is 19.4. The third kappa shape index (κ3) is 4.26. The van der Waals surface area contributed by atoms with E-state index in [0.29, 0.717) is 6.07 Å². The summed E-state index contributed by atoms with van der Waals surface area (Å²) in [6, 6.07) is 6.07. The third-order valence-corrected chi connectivity index (χ3v) is 3.08. The lowest BCUT2D eigenvalue weighted by atomic mass is 10.1. The minimum Gasteiger partial charge on any atom is -0.306 e. The maximum atomic E-state index is 13.3. The fourth-order valence-corrected chi connectivity index (χ4v) is 1.94. The Morgan fingerprint density at radius 2 is 2.00 bits per heavy atom. The summed E-state index contributed by atoms with van der Waals surface area (Å²) < 4.78 is 51.1. The molecule has 1 aromatic heterocycles. The quantitative estimate of drug-likeness (QED) is 0.860. The highest BCUT2D eigenvalue weighted by molar-refractivity contribution is 5.27. The first-order chi connectivity index (χ1) is 9.86. The van der Waals surface area contributed by atoms with Crippen molar-refractivity contribution in [3.63, 3.8) is 0 Å². The second-order valence-corrected chi connectivity index (χ2v) is 4.73. The molecule has 2 rings (SSSR count). The van der Waals surface area contributed by atoms with Crippen molar-refractivity contribution in [1.29, 1.82) is 0 Å². The fraction of sp³-hybridized carbons (Fsp3) is 0.267. The number of hydrogen-bond acceptors (Lipinski definition) is 2. The van der Waals surface area contributed by atoms with Crippen LogP contribution in [0.25, 0.3) is 0 Å². The monoisotopic (exact) mass is 298 g/mol. The van der Waals surface area contributed by atoms with Crippen LogP contribution < -0.4 is 5.32 Å². The van der Waals surface area contributed by atoms with Crippen LogP contribution in [0.3, 0.4) is 0 Å². The Balaban J connectivity index is 2.08. The molecule has 1 N–H and O–H groups in total. The van der Waals surface area contributed by atoms with Crippen molar-refractivity contribution < 1.29 is 17.6 Å². The second kappa shape index (κ2) is 6.22. The predicted molar refractivity (Wildman–Crippen MR) is 70.9 cm³/mol. The number of nitrogens with zero attached hydrogens (tertiary/aromatic N) is 1. The average Bonchev–Trinajstić information content (AvgIpc) is 2.44. The van der Waals surface area contributed by atoms with Crippen LogP contribution in [-0.4, -0.2) is 4.98 Å². The van der Waals surface area contributed by atoms with Gasteiger partial charge in [0.2, 0.25) is 0 Å². The van der Waals surface area contributed by atoms with Crippen molar-refractivity contribution >= 4 is 0 Å². The number of alkyl halides is 3. The zero-order chi connectivity index (χ0) is 15.5. The van der Waals surface area contributed by atoms with Gasteiger partial charge in [0.15, 0.2) is 0 Å². The van der Waals surface area contributed by atoms with Gasteiger partial charge in [0.25, 0.3) is 0 Å². The van der Waals surface area contributed by atoms with Crippen LogP contribution in [0.15, 0.2) is 42.7 Å². The number of hydrogen-bond donors (Lipinski definition) is 1. The first-order valence-corrected chi connectivity index (χ1v) is 6.36. The van der Waals surface area contributed by atoms with Crippen molar-refractivity contribution in [2.24, 2.45) is 0 Å². The molecule has 6 heteroatoms. The summed E-state index contributed by atoms with van der Waals surface area (Å²) in [5.41, 5.74) is 0.177. The summed E-state index contributed by atoms with van der Waals surface area (Å²) in [5.74, 6) is -0.893. The molecule has 2 aromatic rings. The van der Waals surface area contributed by atoms with E-state index in [1.807, 2.05) is 13.0 Å². The number of nitrogens with one attached hydrogen (secondary N) is 1. The Bertz CT molecular complexity index is 596. The normalized spacial score (nSPS) is 13.2. The molecule has 0 aliphatic carbocycles. The lowest BCUT2D eigenvalue weighted by molar-refractivity contribution is -0.137.